The van der Waals surface area contributed by atoms with Crippen molar-refractivity contribution in [2.75, 3.05) is 0 Å². The second-order valence-corrected chi connectivity index (χ2v) is 4.47. The first-order valence-corrected chi connectivity index (χ1v) is 6.20. The normalized spacial score (nSPS) is 11.2. The molecule has 0 radical (unpaired) electrons. The average Bonchev–Trinajstić information content (AvgIpc) is 2.92. The van der Waals surface area contributed by atoms with E-state index in [2.05, 4.69) is 4.98 Å². The fourth-order valence-corrected chi connectivity index (χ4v) is 2.24. The molecular weight excluding hydrogens is 254 g/mol. The van der Waals surface area contributed by atoms with Crippen molar-refractivity contribution in [3.05, 3.63) is 65.0 Å². The topological polar surface area (TPSA) is 56.2 Å². The van der Waals surface area contributed by atoms with Crippen LogP contribution in [0.25, 0.3) is 33.5 Å². The Balaban J connectivity index is 2.04. The summed E-state index contributed by atoms with van der Waals surface area (Å²) in [6.45, 7) is 0. The van der Waals surface area contributed by atoms with Gasteiger partial charge in [0.25, 0.3) is 0 Å². The summed E-state index contributed by atoms with van der Waals surface area (Å²) in [5.74, 6) is 0.555. The van der Waals surface area contributed by atoms with Gasteiger partial charge in [-0.2, -0.15) is 0 Å². The molecule has 0 bridgehead atoms. The zero-order valence-electron chi connectivity index (χ0n) is 10.4. The summed E-state index contributed by atoms with van der Waals surface area (Å²) in [4.78, 5) is 15.7. The Bertz CT molecular complexity index is 967. The number of rotatable bonds is 1. The first kappa shape index (κ1) is 11.0. The molecular formula is C16H9NO3. The summed E-state index contributed by atoms with van der Waals surface area (Å²) < 4.78 is 11.0. The van der Waals surface area contributed by atoms with E-state index >= 15 is 0 Å². The maximum atomic E-state index is 11.2. The Hall–Kier alpha value is -2.88. The van der Waals surface area contributed by atoms with Gasteiger partial charge in [0.15, 0.2) is 5.58 Å². The van der Waals surface area contributed by atoms with Crippen LogP contribution in [0, 0.1) is 0 Å². The third kappa shape index (κ3) is 1.62. The Labute approximate surface area is 113 Å². The highest BCUT2D eigenvalue weighted by atomic mass is 16.4. The lowest BCUT2D eigenvalue weighted by atomic mass is 10.2. The molecule has 4 rings (SSSR count). The Morgan fingerprint density at radius 1 is 0.850 bits per heavy atom. The molecule has 0 saturated heterocycles. The fourth-order valence-electron chi connectivity index (χ4n) is 2.24. The molecule has 0 spiro atoms. The van der Waals surface area contributed by atoms with E-state index in [1.54, 1.807) is 18.2 Å². The van der Waals surface area contributed by atoms with Crippen LogP contribution in [0.1, 0.15) is 0 Å². The summed E-state index contributed by atoms with van der Waals surface area (Å²) >= 11 is 0. The highest BCUT2D eigenvalue weighted by Gasteiger charge is 2.11. The third-order valence-corrected chi connectivity index (χ3v) is 3.17. The molecule has 0 aliphatic carbocycles. The van der Waals surface area contributed by atoms with Crippen molar-refractivity contribution in [1.29, 1.82) is 0 Å². The number of aromatic nitrogens is 1. The molecule has 0 saturated carbocycles. The number of hydrogen-bond donors (Lipinski definition) is 0. The van der Waals surface area contributed by atoms with E-state index < -0.39 is 0 Å². The van der Waals surface area contributed by atoms with Gasteiger partial charge in [0, 0.05) is 11.6 Å². The van der Waals surface area contributed by atoms with Gasteiger partial charge in [-0.15, -0.1) is 0 Å². The molecule has 20 heavy (non-hydrogen) atoms. The van der Waals surface area contributed by atoms with Crippen molar-refractivity contribution in [3.8, 4) is 11.5 Å². The molecule has 0 aliphatic heterocycles. The Kier molecular flexibility index (Phi) is 2.23. The van der Waals surface area contributed by atoms with Crippen LogP contribution in [-0.2, 0) is 0 Å². The monoisotopic (exact) mass is 263 g/mol. The number of hydrogen-bond acceptors (Lipinski definition) is 4. The number of fused-ring (bicyclic) bond motifs is 3. The molecule has 0 atom stereocenters. The lowest BCUT2D eigenvalue weighted by Crippen LogP contribution is -1.93. The standard InChI is InChI=1S/C16H9NO3/c18-14-9-6-11-13(19-14)8-7-12-15(11)20-16(17-12)10-4-2-1-3-5-10/h1-9H. The number of benzene rings is 2. The van der Waals surface area contributed by atoms with Crippen LogP contribution in [0.3, 0.4) is 0 Å². The molecule has 4 nitrogen and oxygen atoms in total. The minimum absolute atomic E-state index is 0.375. The molecule has 4 aromatic rings. The molecule has 0 aliphatic rings. The lowest BCUT2D eigenvalue weighted by molar-refractivity contribution is 0.560. The zero-order valence-corrected chi connectivity index (χ0v) is 10.4. The van der Waals surface area contributed by atoms with Gasteiger partial charge >= 0.3 is 5.63 Å². The second-order valence-electron chi connectivity index (χ2n) is 4.47. The summed E-state index contributed by atoms with van der Waals surface area (Å²) in [5.41, 5.74) is 2.41. The SMILES string of the molecule is O=c1ccc2c(ccc3nc(-c4ccccc4)oc32)o1. The van der Waals surface area contributed by atoms with Crippen LogP contribution < -0.4 is 5.63 Å². The van der Waals surface area contributed by atoms with Gasteiger partial charge in [0.2, 0.25) is 5.89 Å². The second kappa shape index (κ2) is 4.06. The summed E-state index contributed by atoms with van der Waals surface area (Å²) in [6.07, 6.45) is 0. The van der Waals surface area contributed by atoms with Crippen molar-refractivity contribution in [1.82, 2.24) is 4.98 Å². The highest BCUT2D eigenvalue weighted by Crippen LogP contribution is 2.29. The number of oxazole rings is 1. The van der Waals surface area contributed by atoms with Crippen molar-refractivity contribution in [2.45, 2.75) is 0 Å². The molecule has 0 fully saturated rings. The lowest BCUT2D eigenvalue weighted by Gasteiger charge is -1.95. The largest absolute Gasteiger partial charge is 0.435 e. The first-order valence-electron chi connectivity index (χ1n) is 6.20. The van der Waals surface area contributed by atoms with Gasteiger partial charge < -0.3 is 8.83 Å². The molecule has 2 aromatic heterocycles. The maximum Gasteiger partial charge on any atom is 0.336 e. The summed E-state index contributed by atoms with van der Waals surface area (Å²) in [6, 6.07) is 16.3. The quantitative estimate of drug-likeness (QED) is 0.492. The van der Waals surface area contributed by atoms with E-state index in [0.717, 1.165) is 16.5 Å². The van der Waals surface area contributed by atoms with Gasteiger partial charge in [-0.1, -0.05) is 18.2 Å². The van der Waals surface area contributed by atoms with E-state index in [-0.39, 0.29) is 5.63 Å². The molecule has 2 aromatic carbocycles. The molecule has 0 unspecified atom stereocenters. The van der Waals surface area contributed by atoms with Crippen molar-refractivity contribution < 1.29 is 8.83 Å². The van der Waals surface area contributed by atoms with Crippen LogP contribution in [0.5, 0.6) is 0 Å². The summed E-state index contributed by atoms with van der Waals surface area (Å²) in [5, 5.41) is 0.747. The Morgan fingerprint density at radius 3 is 2.55 bits per heavy atom. The van der Waals surface area contributed by atoms with Gasteiger partial charge in [-0.3, -0.25) is 0 Å². The van der Waals surface area contributed by atoms with Gasteiger partial charge in [0.1, 0.15) is 11.1 Å². The summed E-state index contributed by atoms with van der Waals surface area (Å²) in [7, 11) is 0. The van der Waals surface area contributed by atoms with Crippen molar-refractivity contribution in [2.24, 2.45) is 0 Å². The molecule has 4 heteroatoms. The van der Waals surface area contributed by atoms with E-state index in [9.17, 15) is 4.79 Å². The first-order chi connectivity index (χ1) is 9.81. The highest BCUT2D eigenvalue weighted by molar-refractivity contribution is 6.00. The van der Waals surface area contributed by atoms with Crippen molar-refractivity contribution in [3.63, 3.8) is 0 Å². The maximum absolute atomic E-state index is 11.2. The van der Waals surface area contributed by atoms with Gasteiger partial charge in [-0.05, 0) is 30.3 Å². The van der Waals surface area contributed by atoms with E-state index in [4.69, 9.17) is 8.83 Å². The van der Waals surface area contributed by atoms with Gasteiger partial charge in [0.05, 0.1) is 5.39 Å². The van der Waals surface area contributed by atoms with Crippen LogP contribution in [0.4, 0.5) is 0 Å². The van der Waals surface area contributed by atoms with E-state index in [1.807, 2.05) is 30.3 Å². The van der Waals surface area contributed by atoms with Crippen LogP contribution in [0.15, 0.2) is 68.2 Å². The minimum atomic E-state index is -0.375. The van der Waals surface area contributed by atoms with Crippen LogP contribution >= 0.6 is 0 Å². The van der Waals surface area contributed by atoms with E-state index in [0.29, 0.717) is 17.1 Å². The fraction of sp³-hybridized carbons (Fsp3) is 0. The van der Waals surface area contributed by atoms with Crippen LogP contribution in [-0.4, -0.2) is 4.98 Å². The molecule has 0 amide bonds. The zero-order chi connectivity index (χ0) is 13.5. The molecule has 0 N–H and O–H groups in total. The van der Waals surface area contributed by atoms with Crippen LogP contribution in [0.2, 0.25) is 0 Å². The smallest absolute Gasteiger partial charge is 0.336 e. The predicted molar refractivity (Wildman–Crippen MR) is 75.5 cm³/mol. The minimum Gasteiger partial charge on any atom is -0.435 e. The third-order valence-electron chi connectivity index (χ3n) is 3.17. The molecule has 2 heterocycles. The molecule has 96 valence electrons. The van der Waals surface area contributed by atoms with Crippen molar-refractivity contribution >= 4 is 22.1 Å². The van der Waals surface area contributed by atoms with Gasteiger partial charge in [-0.25, -0.2) is 9.78 Å². The van der Waals surface area contributed by atoms with E-state index in [1.165, 1.54) is 6.07 Å². The number of nitrogens with zero attached hydrogens (tertiary/aromatic N) is 1. The Morgan fingerprint density at radius 2 is 1.70 bits per heavy atom. The average molecular weight is 263 g/mol. The predicted octanol–water partition coefficient (Wildman–Crippen LogP) is 3.60.